The van der Waals surface area contributed by atoms with Gasteiger partial charge in [-0.1, -0.05) is 78.9 Å². The lowest BCUT2D eigenvalue weighted by molar-refractivity contribution is 0.233. The number of unbranched alkanes of at least 4 members (excludes halogenated alkanes) is 2. The first kappa shape index (κ1) is 32.0. The highest BCUT2D eigenvalue weighted by molar-refractivity contribution is 5.33. The van der Waals surface area contributed by atoms with E-state index in [0.717, 1.165) is 19.3 Å². The summed E-state index contributed by atoms with van der Waals surface area (Å²) in [6.45, 7) is 10.4. The molecule has 0 aliphatic rings. The van der Waals surface area contributed by atoms with E-state index in [4.69, 9.17) is 4.74 Å². The van der Waals surface area contributed by atoms with E-state index in [9.17, 15) is 18.3 Å². The number of phenols is 1. The van der Waals surface area contributed by atoms with E-state index in [1.807, 2.05) is 20.8 Å². The van der Waals surface area contributed by atoms with Gasteiger partial charge >= 0.3 is 0 Å². The second kappa shape index (κ2) is 16.0. The third-order valence-electron chi connectivity index (χ3n) is 7.87. The summed E-state index contributed by atoms with van der Waals surface area (Å²) in [7, 11) is 0. The third kappa shape index (κ3) is 8.91. The Morgan fingerprint density at radius 3 is 1.79 bits per heavy atom. The minimum absolute atomic E-state index is 0.00574. The van der Waals surface area contributed by atoms with Gasteiger partial charge in [0.1, 0.15) is 0 Å². The van der Waals surface area contributed by atoms with Crippen LogP contribution in [0, 0.1) is 35.1 Å². The minimum atomic E-state index is -1.23. The van der Waals surface area contributed by atoms with E-state index in [1.54, 1.807) is 6.07 Å². The molecule has 0 radical (unpaired) electrons. The molecule has 214 valence electrons. The van der Waals surface area contributed by atoms with Crippen molar-refractivity contribution in [2.45, 2.75) is 111 Å². The maximum atomic E-state index is 15.0. The van der Waals surface area contributed by atoms with Crippen LogP contribution in [0.3, 0.4) is 0 Å². The molecule has 2 nitrogen and oxygen atoms in total. The van der Waals surface area contributed by atoms with E-state index in [0.29, 0.717) is 30.7 Å². The normalized spacial score (nSPS) is 14.8. The number of ether oxygens (including phenoxy) is 1. The molecule has 0 saturated carbocycles. The maximum absolute atomic E-state index is 15.0. The fourth-order valence-corrected chi connectivity index (χ4v) is 5.18. The average molecular weight is 539 g/mol. The highest BCUT2D eigenvalue weighted by Gasteiger charge is 2.23. The van der Waals surface area contributed by atoms with Crippen molar-refractivity contribution in [3.8, 4) is 11.5 Å². The Morgan fingerprint density at radius 1 is 0.658 bits per heavy atom. The Hall–Kier alpha value is -2.24. The van der Waals surface area contributed by atoms with E-state index in [2.05, 4.69) is 13.8 Å². The lowest BCUT2D eigenvalue weighted by Crippen LogP contribution is -2.13. The molecule has 6 heteroatoms. The number of phenolic OH excluding ortho intramolecular Hbond substituents is 1. The van der Waals surface area contributed by atoms with Gasteiger partial charge in [-0.05, 0) is 79.0 Å². The first-order chi connectivity index (χ1) is 18.1. The van der Waals surface area contributed by atoms with Gasteiger partial charge in [0.05, 0.1) is 6.61 Å². The van der Waals surface area contributed by atoms with Crippen molar-refractivity contribution in [1.82, 2.24) is 0 Å². The Bertz CT molecular complexity index is 994. The first-order valence-corrected chi connectivity index (χ1v) is 14.4. The Morgan fingerprint density at radius 2 is 1.21 bits per heavy atom. The van der Waals surface area contributed by atoms with E-state index in [-0.39, 0.29) is 35.7 Å². The van der Waals surface area contributed by atoms with Crippen LogP contribution in [0.5, 0.6) is 11.5 Å². The molecule has 0 fully saturated rings. The second-order valence-electron chi connectivity index (χ2n) is 11.0. The molecule has 1 N–H and O–H groups in total. The summed E-state index contributed by atoms with van der Waals surface area (Å²) < 4.78 is 63.7. The molecule has 2 aromatic carbocycles. The van der Waals surface area contributed by atoms with Crippen LogP contribution in [0.2, 0.25) is 0 Å². The molecular weight excluding hydrogens is 492 g/mol. The van der Waals surface area contributed by atoms with Crippen molar-refractivity contribution in [2.24, 2.45) is 11.8 Å². The number of rotatable bonds is 17. The predicted octanol–water partition coefficient (Wildman–Crippen LogP) is 10.4. The van der Waals surface area contributed by atoms with Gasteiger partial charge in [-0.2, -0.15) is 8.78 Å². The highest BCUT2D eigenvalue weighted by Crippen LogP contribution is 2.35. The summed E-state index contributed by atoms with van der Waals surface area (Å²) in [6.07, 6.45) is 9.22. The standard InChI is InChI=1S/C32H46F4O2/c1-6-9-10-11-21(4)12-14-23(7-2)26-17-19-28(32(36)30(26)34)38-20-22(5)13-15-24(8-3)25-16-18-27(37)31(35)29(25)33/h16-19,21-24,37H,6-15,20H2,1-5H3. The van der Waals surface area contributed by atoms with Gasteiger partial charge in [0.15, 0.2) is 23.1 Å². The monoisotopic (exact) mass is 538 g/mol. The van der Waals surface area contributed by atoms with Gasteiger partial charge in [0.2, 0.25) is 11.6 Å². The number of aromatic hydroxyl groups is 1. The lowest BCUT2D eigenvalue weighted by atomic mass is 9.87. The van der Waals surface area contributed by atoms with Crippen molar-refractivity contribution in [3.05, 3.63) is 58.7 Å². The molecule has 38 heavy (non-hydrogen) atoms. The first-order valence-electron chi connectivity index (χ1n) is 14.4. The van der Waals surface area contributed by atoms with Crippen molar-refractivity contribution < 1.29 is 27.4 Å². The lowest BCUT2D eigenvalue weighted by Gasteiger charge is -2.21. The quantitative estimate of drug-likeness (QED) is 0.160. The molecule has 0 bridgehead atoms. The van der Waals surface area contributed by atoms with Crippen LogP contribution < -0.4 is 4.74 Å². The van der Waals surface area contributed by atoms with Crippen molar-refractivity contribution in [1.29, 1.82) is 0 Å². The van der Waals surface area contributed by atoms with Crippen LogP contribution >= 0.6 is 0 Å². The Balaban J connectivity index is 1.94. The summed E-state index contributed by atoms with van der Waals surface area (Å²) in [5, 5.41) is 9.37. The molecule has 4 unspecified atom stereocenters. The minimum Gasteiger partial charge on any atom is -0.505 e. The second-order valence-corrected chi connectivity index (χ2v) is 11.0. The van der Waals surface area contributed by atoms with Gasteiger partial charge in [-0.25, -0.2) is 8.78 Å². The van der Waals surface area contributed by atoms with Gasteiger partial charge in [-0.3, -0.25) is 0 Å². The fraction of sp³-hybridized carbons (Fsp3) is 0.625. The zero-order chi connectivity index (χ0) is 28.2. The fourth-order valence-electron chi connectivity index (χ4n) is 5.18. The topological polar surface area (TPSA) is 29.5 Å². The number of halogens is 4. The van der Waals surface area contributed by atoms with Crippen molar-refractivity contribution in [3.63, 3.8) is 0 Å². The number of benzene rings is 2. The van der Waals surface area contributed by atoms with Crippen molar-refractivity contribution in [2.75, 3.05) is 6.61 Å². The van der Waals surface area contributed by atoms with E-state index >= 15 is 4.39 Å². The molecule has 0 amide bonds. The molecule has 0 heterocycles. The number of hydrogen-bond acceptors (Lipinski definition) is 2. The third-order valence-corrected chi connectivity index (χ3v) is 7.87. The number of hydrogen-bond donors (Lipinski definition) is 1. The van der Waals surface area contributed by atoms with Gasteiger partial charge in [0, 0.05) is 0 Å². The summed E-state index contributed by atoms with van der Waals surface area (Å²) in [5.41, 5.74) is 0.653. The van der Waals surface area contributed by atoms with Crippen LogP contribution in [0.1, 0.15) is 122 Å². The largest absolute Gasteiger partial charge is 0.505 e. The summed E-state index contributed by atoms with van der Waals surface area (Å²) in [5.74, 6) is -4.50. The molecule has 0 aliphatic heterocycles. The van der Waals surface area contributed by atoms with E-state index in [1.165, 1.54) is 43.9 Å². The maximum Gasteiger partial charge on any atom is 0.200 e. The highest BCUT2D eigenvalue weighted by atomic mass is 19.2. The Kier molecular flexibility index (Phi) is 13.5. The smallest absolute Gasteiger partial charge is 0.200 e. The van der Waals surface area contributed by atoms with Crippen molar-refractivity contribution >= 4 is 0 Å². The van der Waals surface area contributed by atoms with Gasteiger partial charge < -0.3 is 9.84 Å². The van der Waals surface area contributed by atoms with E-state index < -0.39 is 29.0 Å². The zero-order valence-electron chi connectivity index (χ0n) is 23.8. The van der Waals surface area contributed by atoms with Crippen LogP contribution in [0.25, 0.3) is 0 Å². The molecule has 2 aromatic rings. The van der Waals surface area contributed by atoms with Gasteiger partial charge in [0.25, 0.3) is 0 Å². The summed E-state index contributed by atoms with van der Waals surface area (Å²) >= 11 is 0. The van der Waals surface area contributed by atoms with Crippen LogP contribution in [-0.2, 0) is 0 Å². The summed E-state index contributed by atoms with van der Waals surface area (Å²) in [6, 6.07) is 5.77. The molecule has 0 aliphatic carbocycles. The van der Waals surface area contributed by atoms with Crippen LogP contribution in [-0.4, -0.2) is 11.7 Å². The molecular formula is C32H46F4O2. The average Bonchev–Trinajstić information content (AvgIpc) is 2.90. The predicted molar refractivity (Wildman–Crippen MR) is 147 cm³/mol. The Labute approximate surface area is 226 Å². The van der Waals surface area contributed by atoms with Crippen LogP contribution in [0.15, 0.2) is 24.3 Å². The molecule has 0 aromatic heterocycles. The SMILES string of the molecule is CCCCCC(C)CCC(CC)c1ccc(OCC(C)CCC(CC)c2ccc(O)c(F)c2F)c(F)c1F. The van der Waals surface area contributed by atoms with Crippen LogP contribution in [0.4, 0.5) is 17.6 Å². The molecule has 2 rings (SSSR count). The molecule has 0 spiro atoms. The molecule has 4 atom stereocenters. The van der Waals surface area contributed by atoms with Gasteiger partial charge in [-0.15, -0.1) is 0 Å². The summed E-state index contributed by atoms with van der Waals surface area (Å²) in [4.78, 5) is 0. The zero-order valence-corrected chi connectivity index (χ0v) is 23.8. The molecule has 0 saturated heterocycles.